The minimum Gasteiger partial charge on any atom is -0.373 e. The van der Waals surface area contributed by atoms with Crippen LogP contribution in [0.4, 0.5) is 5.69 Å². The molecule has 1 unspecified atom stereocenters. The van der Waals surface area contributed by atoms with Gasteiger partial charge in [0.25, 0.3) is 0 Å². The number of nitrogens with zero attached hydrogens (tertiary/aromatic N) is 4. The summed E-state index contributed by atoms with van der Waals surface area (Å²) in [6, 6.07) is 9.73. The van der Waals surface area contributed by atoms with E-state index in [4.69, 9.17) is 16.3 Å². The number of aryl methyl sites for hydroxylation is 2. The van der Waals surface area contributed by atoms with Crippen molar-refractivity contribution in [2.24, 2.45) is 0 Å². The molecule has 1 fully saturated rings. The minimum absolute atomic E-state index is 0.0453. The van der Waals surface area contributed by atoms with Crippen LogP contribution in [-0.2, 0) is 11.3 Å². The van der Waals surface area contributed by atoms with Gasteiger partial charge >= 0.3 is 0 Å². The molecule has 1 atom stereocenters. The first-order valence-electron chi connectivity index (χ1n) is 7.64. The van der Waals surface area contributed by atoms with Crippen molar-refractivity contribution in [1.82, 2.24) is 9.78 Å². The average Bonchev–Trinajstić information content (AvgIpc) is 2.85. The predicted molar refractivity (Wildman–Crippen MR) is 89.8 cm³/mol. The zero-order chi connectivity index (χ0) is 16.4. The molecule has 0 N–H and O–H groups in total. The van der Waals surface area contributed by atoms with Gasteiger partial charge in [0.05, 0.1) is 36.2 Å². The van der Waals surface area contributed by atoms with Crippen LogP contribution in [0.15, 0.2) is 24.3 Å². The molecule has 2 heterocycles. The fraction of sp³-hybridized carbons (Fsp3) is 0.412. The van der Waals surface area contributed by atoms with Crippen molar-refractivity contribution in [1.29, 1.82) is 5.26 Å². The molecule has 3 rings (SSSR count). The molecular weight excluding hydrogens is 312 g/mol. The van der Waals surface area contributed by atoms with Gasteiger partial charge in [-0.15, -0.1) is 0 Å². The number of rotatable bonds is 3. The van der Waals surface area contributed by atoms with Gasteiger partial charge in [-0.25, -0.2) is 0 Å². The molecule has 1 aromatic heterocycles. The van der Waals surface area contributed by atoms with E-state index < -0.39 is 0 Å². The molecule has 0 amide bonds. The van der Waals surface area contributed by atoms with E-state index in [-0.39, 0.29) is 6.10 Å². The smallest absolute Gasteiger partial charge is 0.101 e. The first-order chi connectivity index (χ1) is 11.1. The number of benzene rings is 1. The molecule has 5 nitrogen and oxygen atoms in total. The maximum absolute atomic E-state index is 9.33. The van der Waals surface area contributed by atoms with Gasteiger partial charge in [-0.2, -0.15) is 10.4 Å². The van der Waals surface area contributed by atoms with Crippen LogP contribution < -0.4 is 4.90 Å². The fourth-order valence-electron chi connectivity index (χ4n) is 2.97. The van der Waals surface area contributed by atoms with E-state index in [1.54, 1.807) is 6.07 Å². The van der Waals surface area contributed by atoms with E-state index in [1.807, 2.05) is 30.7 Å². The normalized spacial score (nSPS) is 18.0. The molecule has 1 aliphatic heterocycles. The highest BCUT2D eigenvalue weighted by molar-refractivity contribution is 6.30. The molecular formula is C17H19ClN4O. The van der Waals surface area contributed by atoms with E-state index >= 15 is 0 Å². The molecule has 23 heavy (non-hydrogen) atoms. The second-order valence-electron chi connectivity index (χ2n) is 5.82. The Balaban J connectivity index is 1.76. The van der Waals surface area contributed by atoms with Crippen molar-refractivity contribution in [3.63, 3.8) is 0 Å². The van der Waals surface area contributed by atoms with E-state index in [0.717, 1.165) is 30.2 Å². The first-order valence-corrected chi connectivity index (χ1v) is 8.02. The summed E-state index contributed by atoms with van der Waals surface area (Å²) in [6.07, 6.45) is 0.0453. The van der Waals surface area contributed by atoms with Gasteiger partial charge in [-0.1, -0.05) is 11.6 Å². The lowest BCUT2D eigenvalue weighted by Crippen LogP contribution is -2.44. The quantitative estimate of drug-likeness (QED) is 0.868. The summed E-state index contributed by atoms with van der Waals surface area (Å²) in [5, 5.41) is 14.4. The van der Waals surface area contributed by atoms with Gasteiger partial charge in [0, 0.05) is 23.8 Å². The molecule has 120 valence electrons. The van der Waals surface area contributed by atoms with E-state index in [1.165, 1.54) is 0 Å². The summed E-state index contributed by atoms with van der Waals surface area (Å²) >= 11 is 5.98. The number of halogens is 1. The Hall–Kier alpha value is -2.03. The highest BCUT2D eigenvalue weighted by Crippen LogP contribution is 2.25. The molecule has 0 radical (unpaired) electrons. The number of nitriles is 1. The van der Waals surface area contributed by atoms with Crippen LogP contribution in [0.2, 0.25) is 5.02 Å². The SMILES string of the molecule is Cc1cc(C)n(CC2CN(c3ccc(Cl)cc3C#N)CCO2)n1. The van der Waals surface area contributed by atoms with Crippen molar-refractivity contribution >= 4 is 17.3 Å². The number of hydrogen-bond acceptors (Lipinski definition) is 4. The van der Waals surface area contributed by atoms with Crippen molar-refractivity contribution in [2.75, 3.05) is 24.6 Å². The highest BCUT2D eigenvalue weighted by atomic mass is 35.5. The standard InChI is InChI=1S/C17H19ClN4O/c1-12-7-13(2)22(20-12)11-16-10-21(5-6-23-16)17-4-3-15(18)8-14(17)9-19/h3-4,7-8,16H,5-6,10-11H2,1-2H3. The Morgan fingerprint density at radius 2 is 2.22 bits per heavy atom. The lowest BCUT2D eigenvalue weighted by Gasteiger charge is -2.35. The summed E-state index contributed by atoms with van der Waals surface area (Å²) in [5.41, 5.74) is 3.66. The number of hydrogen-bond donors (Lipinski definition) is 0. The molecule has 0 bridgehead atoms. The average molecular weight is 331 g/mol. The lowest BCUT2D eigenvalue weighted by atomic mass is 10.1. The molecule has 2 aromatic rings. The van der Waals surface area contributed by atoms with Crippen molar-refractivity contribution in [3.05, 3.63) is 46.2 Å². The summed E-state index contributed by atoms with van der Waals surface area (Å²) in [4.78, 5) is 2.19. The third-order valence-electron chi connectivity index (χ3n) is 4.04. The molecule has 1 aliphatic rings. The molecule has 0 spiro atoms. The predicted octanol–water partition coefficient (Wildman–Crippen LogP) is 2.93. The van der Waals surface area contributed by atoms with Crippen LogP contribution in [0.5, 0.6) is 0 Å². The van der Waals surface area contributed by atoms with Crippen LogP contribution in [-0.4, -0.2) is 35.6 Å². The van der Waals surface area contributed by atoms with Crippen molar-refractivity contribution in [2.45, 2.75) is 26.5 Å². The van der Waals surface area contributed by atoms with E-state index in [0.29, 0.717) is 23.7 Å². The number of ether oxygens (including phenoxy) is 1. The Morgan fingerprint density at radius 3 is 2.91 bits per heavy atom. The second-order valence-corrected chi connectivity index (χ2v) is 6.26. The third-order valence-corrected chi connectivity index (χ3v) is 4.27. The zero-order valence-corrected chi connectivity index (χ0v) is 14.0. The van der Waals surface area contributed by atoms with Gasteiger partial charge in [0.1, 0.15) is 6.07 Å². The van der Waals surface area contributed by atoms with Crippen LogP contribution >= 0.6 is 11.6 Å². The van der Waals surface area contributed by atoms with Crippen LogP contribution in [0, 0.1) is 25.2 Å². The summed E-state index contributed by atoms with van der Waals surface area (Å²) < 4.78 is 7.87. The monoisotopic (exact) mass is 330 g/mol. The largest absolute Gasteiger partial charge is 0.373 e. The third kappa shape index (κ3) is 3.49. The van der Waals surface area contributed by atoms with Gasteiger partial charge in [-0.05, 0) is 38.1 Å². The molecule has 6 heteroatoms. The molecule has 0 saturated carbocycles. The molecule has 0 aliphatic carbocycles. The van der Waals surface area contributed by atoms with Crippen LogP contribution in [0.1, 0.15) is 17.0 Å². The Kier molecular flexibility index (Phi) is 4.56. The number of morpholine rings is 1. The summed E-state index contributed by atoms with van der Waals surface area (Å²) in [5.74, 6) is 0. The minimum atomic E-state index is 0.0453. The maximum atomic E-state index is 9.33. The van der Waals surface area contributed by atoms with Crippen molar-refractivity contribution < 1.29 is 4.74 Å². The first kappa shape index (κ1) is 15.9. The number of aromatic nitrogens is 2. The fourth-order valence-corrected chi connectivity index (χ4v) is 3.15. The molecule has 1 saturated heterocycles. The summed E-state index contributed by atoms with van der Waals surface area (Å²) in [6.45, 7) is 6.89. The Labute approximate surface area is 141 Å². The summed E-state index contributed by atoms with van der Waals surface area (Å²) in [7, 11) is 0. The van der Waals surface area contributed by atoms with Gasteiger partial charge in [0.2, 0.25) is 0 Å². The zero-order valence-electron chi connectivity index (χ0n) is 13.3. The number of anilines is 1. The van der Waals surface area contributed by atoms with Gasteiger partial charge < -0.3 is 9.64 Å². The Morgan fingerprint density at radius 1 is 1.39 bits per heavy atom. The van der Waals surface area contributed by atoms with E-state index in [9.17, 15) is 5.26 Å². The van der Waals surface area contributed by atoms with E-state index in [2.05, 4.69) is 22.1 Å². The lowest BCUT2D eigenvalue weighted by molar-refractivity contribution is 0.0270. The molecule has 1 aromatic carbocycles. The van der Waals surface area contributed by atoms with Crippen molar-refractivity contribution in [3.8, 4) is 6.07 Å². The van der Waals surface area contributed by atoms with Gasteiger partial charge in [-0.3, -0.25) is 4.68 Å². The highest BCUT2D eigenvalue weighted by Gasteiger charge is 2.23. The van der Waals surface area contributed by atoms with Gasteiger partial charge in [0.15, 0.2) is 0 Å². The topological polar surface area (TPSA) is 54.1 Å². The van der Waals surface area contributed by atoms with Crippen LogP contribution in [0.25, 0.3) is 0 Å². The van der Waals surface area contributed by atoms with Crippen LogP contribution in [0.3, 0.4) is 0 Å². The Bertz CT molecular complexity index is 750. The second kappa shape index (κ2) is 6.61. The maximum Gasteiger partial charge on any atom is 0.101 e.